The second-order valence-electron chi connectivity index (χ2n) is 11.8. The van der Waals surface area contributed by atoms with Gasteiger partial charge in [0.15, 0.2) is 0 Å². The molecule has 1 aliphatic rings. The van der Waals surface area contributed by atoms with Gasteiger partial charge in [-0.25, -0.2) is 4.98 Å². The Morgan fingerprint density at radius 2 is 1.46 bits per heavy atom. The summed E-state index contributed by atoms with van der Waals surface area (Å²) in [5, 5.41) is 12.6. The normalized spacial score (nSPS) is 13.1. The molecule has 0 atom stereocenters. The molecule has 0 aliphatic heterocycles. The fourth-order valence-electron chi connectivity index (χ4n) is 6.51. The molecule has 0 unspecified atom stereocenters. The average molecular weight is 595 g/mol. The van der Waals surface area contributed by atoms with Gasteiger partial charge in [0.05, 0.1) is 34.4 Å². The van der Waals surface area contributed by atoms with Crippen molar-refractivity contribution in [2.24, 2.45) is 5.73 Å². The standard InChI is InChI=1S/C42H34N4/c1-2-3-14-39(44)41-25-33(26-42(46-41)40-15-8-9-20-45-40)30-18-16-29(17-19-30)32-21-28(27-43)22-34(23-32)38-24-31-10-4-5-11-35(31)36-12-6-7-13-37(36)38/h2-3,6-9,12-26H,4-5,10-11,44H2,1H3/b3-2-,39-14-. The fourth-order valence-corrected chi connectivity index (χ4v) is 6.51. The van der Waals surface area contributed by atoms with Gasteiger partial charge in [-0.15, -0.1) is 0 Å². The van der Waals surface area contributed by atoms with E-state index in [-0.39, 0.29) is 0 Å². The summed E-state index contributed by atoms with van der Waals surface area (Å²) in [5.41, 5.74) is 19.2. The van der Waals surface area contributed by atoms with Crippen molar-refractivity contribution in [3.63, 3.8) is 0 Å². The molecule has 2 aromatic heterocycles. The van der Waals surface area contributed by atoms with Crippen LogP contribution < -0.4 is 5.73 Å². The van der Waals surface area contributed by atoms with Crippen LogP contribution in [0.2, 0.25) is 0 Å². The summed E-state index contributed by atoms with van der Waals surface area (Å²) in [7, 11) is 0. The number of allylic oxidation sites excluding steroid dienone is 3. The molecule has 0 radical (unpaired) electrons. The highest BCUT2D eigenvalue weighted by Gasteiger charge is 2.17. The van der Waals surface area contributed by atoms with E-state index in [1.807, 2.05) is 61.5 Å². The largest absolute Gasteiger partial charge is 0.397 e. The van der Waals surface area contributed by atoms with Gasteiger partial charge in [-0.3, -0.25) is 4.98 Å². The molecule has 0 saturated carbocycles. The molecule has 222 valence electrons. The second-order valence-corrected chi connectivity index (χ2v) is 11.8. The highest BCUT2D eigenvalue weighted by atomic mass is 14.8. The number of pyridine rings is 2. The maximum atomic E-state index is 10.0. The Hall–Kier alpha value is -5.79. The number of nitrogens with zero attached hydrogens (tertiary/aromatic N) is 3. The van der Waals surface area contributed by atoms with Gasteiger partial charge in [0, 0.05) is 6.20 Å². The first-order valence-corrected chi connectivity index (χ1v) is 15.8. The average Bonchev–Trinajstić information content (AvgIpc) is 3.13. The Kier molecular flexibility index (Phi) is 7.98. The predicted molar refractivity (Wildman–Crippen MR) is 190 cm³/mol. The summed E-state index contributed by atoms with van der Waals surface area (Å²) in [6.07, 6.45) is 12.2. The van der Waals surface area contributed by atoms with Crippen molar-refractivity contribution >= 4 is 16.5 Å². The van der Waals surface area contributed by atoms with Gasteiger partial charge in [-0.05, 0) is 136 Å². The molecule has 4 aromatic carbocycles. The zero-order valence-corrected chi connectivity index (χ0v) is 25.9. The van der Waals surface area contributed by atoms with Gasteiger partial charge < -0.3 is 5.73 Å². The van der Waals surface area contributed by atoms with E-state index in [0.29, 0.717) is 17.0 Å². The zero-order valence-electron chi connectivity index (χ0n) is 25.9. The van der Waals surface area contributed by atoms with Crippen LogP contribution in [0.15, 0.2) is 128 Å². The number of nitriles is 1. The Morgan fingerprint density at radius 1 is 0.739 bits per heavy atom. The second kappa shape index (κ2) is 12.7. The minimum absolute atomic E-state index is 0.587. The smallest absolute Gasteiger partial charge is 0.0992 e. The predicted octanol–water partition coefficient (Wildman–Crippen LogP) is 9.92. The molecule has 6 aromatic rings. The van der Waals surface area contributed by atoms with E-state index in [9.17, 15) is 5.26 Å². The number of fused-ring (bicyclic) bond motifs is 3. The van der Waals surface area contributed by atoms with E-state index in [1.54, 1.807) is 6.20 Å². The number of benzene rings is 4. The van der Waals surface area contributed by atoms with E-state index in [2.05, 4.69) is 77.8 Å². The third kappa shape index (κ3) is 5.72. The lowest BCUT2D eigenvalue weighted by molar-refractivity contribution is 0.690. The van der Waals surface area contributed by atoms with Crippen molar-refractivity contribution in [2.75, 3.05) is 0 Å². The number of rotatable bonds is 6. The molecular formula is C42H34N4. The van der Waals surface area contributed by atoms with Gasteiger partial charge in [0.25, 0.3) is 0 Å². The number of aryl methyl sites for hydroxylation is 2. The SMILES string of the molecule is C/C=C\C=C(/N)c1cc(-c2ccc(-c3cc(C#N)cc(-c4cc5c(c6ccccc46)CCCC5)c3)cc2)cc(-c2ccccn2)n1. The van der Waals surface area contributed by atoms with Crippen molar-refractivity contribution in [3.05, 3.63) is 150 Å². The molecular weight excluding hydrogens is 560 g/mol. The molecule has 4 nitrogen and oxygen atoms in total. The topological polar surface area (TPSA) is 75.6 Å². The van der Waals surface area contributed by atoms with Crippen LogP contribution in [0.1, 0.15) is 42.1 Å². The van der Waals surface area contributed by atoms with Gasteiger partial charge >= 0.3 is 0 Å². The van der Waals surface area contributed by atoms with E-state index in [0.717, 1.165) is 52.0 Å². The maximum absolute atomic E-state index is 10.0. The van der Waals surface area contributed by atoms with E-state index in [4.69, 9.17) is 10.7 Å². The van der Waals surface area contributed by atoms with Crippen LogP contribution in [0.4, 0.5) is 0 Å². The number of nitrogens with two attached hydrogens (primary N) is 1. The highest BCUT2D eigenvalue weighted by molar-refractivity contribution is 6.00. The molecule has 0 amide bonds. The summed E-state index contributed by atoms with van der Waals surface area (Å²) in [6.45, 7) is 1.96. The van der Waals surface area contributed by atoms with E-state index >= 15 is 0 Å². The Labute approximate surface area is 270 Å². The molecule has 0 bridgehead atoms. The Bertz CT molecular complexity index is 2170. The number of aromatic nitrogens is 2. The molecule has 7 rings (SSSR count). The van der Waals surface area contributed by atoms with Crippen LogP contribution in [0.25, 0.3) is 61.2 Å². The molecule has 2 heterocycles. The summed E-state index contributed by atoms with van der Waals surface area (Å²) in [6, 6.07) is 38.1. The summed E-state index contributed by atoms with van der Waals surface area (Å²) in [4.78, 5) is 9.36. The summed E-state index contributed by atoms with van der Waals surface area (Å²) < 4.78 is 0. The lowest BCUT2D eigenvalue weighted by Gasteiger charge is -2.21. The first kappa shape index (κ1) is 29.0. The molecule has 0 fully saturated rings. The lowest BCUT2D eigenvalue weighted by atomic mass is 9.83. The first-order chi connectivity index (χ1) is 22.6. The molecule has 1 aliphatic carbocycles. The van der Waals surface area contributed by atoms with Crippen LogP contribution >= 0.6 is 0 Å². The third-order valence-corrected chi connectivity index (χ3v) is 8.81. The number of hydrogen-bond acceptors (Lipinski definition) is 4. The van der Waals surface area contributed by atoms with Crippen LogP contribution in [-0.2, 0) is 12.8 Å². The maximum Gasteiger partial charge on any atom is 0.0992 e. The monoisotopic (exact) mass is 594 g/mol. The number of hydrogen-bond donors (Lipinski definition) is 1. The van der Waals surface area contributed by atoms with Gasteiger partial charge in [-0.1, -0.05) is 72.8 Å². The van der Waals surface area contributed by atoms with Crippen molar-refractivity contribution in [1.29, 1.82) is 5.26 Å². The molecule has 4 heteroatoms. The van der Waals surface area contributed by atoms with Crippen LogP contribution in [0, 0.1) is 11.3 Å². The van der Waals surface area contributed by atoms with Crippen molar-refractivity contribution in [2.45, 2.75) is 32.6 Å². The first-order valence-electron chi connectivity index (χ1n) is 15.8. The third-order valence-electron chi connectivity index (χ3n) is 8.81. The molecule has 0 saturated heterocycles. The quantitative estimate of drug-likeness (QED) is 0.195. The zero-order chi connectivity index (χ0) is 31.5. The van der Waals surface area contributed by atoms with Gasteiger partial charge in [0.1, 0.15) is 0 Å². The summed E-state index contributed by atoms with van der Waals surface area (Å²) >= 11 is 0. The Morgan fingerprint density at radius 3 is 2.20 bits per heavy atom. The Balaban J connectivity index is 1.30. The highest BCUT2D eigenvalue weighted by Crippen LogP contribution is 2.39. The van der Waals surface area contributed by atoms with Crippen molar-refractivity contribution in [3.8, 4) is 50.8 Å². The van der Waals surface area contributed by atoms with Crippen LogP contribution in [0.3, 0.4) is 0 Å². The molecule has 46 heavy (non-hydrogen) atoms. The molecule has 2 N–H and O–H groups in total. The minimum atomic E-state index is 0.587. The molecule has 0 spiro atoms. The van der Waals surface area contributed by atoms with Crippen LogP contribution in [0.5, 0.6) is 0 Å². The van der Waals surface area contributed by atoms with Crippen molar-refractivity contribution in [1.82, 2.24) is 9.97 Å². The lowest BCUT2D eigenvalue weighted by Crippen LogP contribution is -2.04. The van der Waals surface area contributed by atoms with Crippen molar-refractivity contribution < 1.29 is 0 Å². The van der Waals surface area contributed by atoms with Gasteiger partial charge in [0.2, 0.25) is 0 Å². The minimum Gasteiger partial charge on any atom is -0.397 e. The van der Waals surface area contributed by atoms with E-state index < -0.39 is 0 Å². The van der Waals surface area contributed by atoms with Crippen LogP contribution in [-0.4, -0.2) is 9.97 Å². The van der Waals surface area contributed by atoms with Gasteiger partial charge in [-0.2, -0.15) is 5.26 Å². The summed E-state index contributed by atoms with van der Waals surface area (Å²) in [5.74, 6) is 0. The fraction of sp³-hybridized carbons (Fsp3) is 0.119. The van der Waals surface area contributed by atoms with E-state index in [1.165, 1.54) is 40.3 Å².